The van der Waals surface area contributed by atoms with Gasteiger partial charge in [0.15, 0.2) is 0 Å². The lowest BCUT2D eigenvalue weighted by atomic mass is 10.1. The van der Waals surface area contributed by atoms with E-state index < -0.39 is 9.05 Å². The summed E-state index contributed by atoms with van der Waals surface area (Å²) in [6.45, 7) is -0.140. The molecule has 1 heterocycles. The van der Waals surface area contributed by atoms with Crippen LogP contribution < -0.4 is 4.74 Å². The fourth-order valence-corrected chi connectivity index (χ4v) is 2.47. The second-order valence-electron chi connectivity index (χ2n) is 3.11. The van der Waals surface area contributed by atoms with Crippen LogP contribution in [-0.4, -0.2) is 15.0 Å². The largest absolute Gasteiger partial charge is 0.486 e. The number of benzene rings is 1. The van der Waals surface area contributed by atoms with Gasteiger partial charge in [0.25, 0.3) is 9.05 Å². The fourth-order valence-electron chi connectivity index (χ4n) is 1.32. The van der Waals surface area contributed by atoms with Crippen LogP contribution in [0.1, 0.15) is 5.56 Å². The Bertz CT molecular complexity index is 578. The second kappa shape index (κ2) is 4.11. The zero-order valence-corrected chi connectivity index (χ0v) is 10.8. The third-order valence-electron chi connectivity index (χ3n) is 2.07. The lowest BCUT2D eigenvalue weighted by Crippen LogP contribution is -2.12. The van der Waals surface area contributed by atoms with Crippen molar-refractivity contribution in [3.8, 4) is 5.75 Å². The molecule has 7 heteroatoms. The molecule has 0 amide bonds. The van der Waals surface area contributed by atoms with Gasteiger partial charge in [0.05, 0.1) is 15.0 Å². The smallest absolute Gasteiger partial charge is 0.260 e. The van der Waals surface area contributed by atoms with Crippen LogP contribution in [0.5, 0.6) is 5.75 Å². The van der Waals surface area contributed by atoms with E-state index in [0.29, 0.717) is 21.4 Å². The van der Waals surface area contributed by atoms with E-state index in [4.69, 9.17) is 38.6 Å². The molecule has 0 unspecified atom stereocenters. The van der Waals surface area contributed by atoms with Gasteiger partial charge < -0.3 is 4.74 Å². The molecule has 0 saturated carbocycles. The van der Waals surface area contributed by atoms with Crippen LogP contribution in [0.2, 0.25) is 10.0 Å². The Kier molecular flexibility index (Phi) is 3.09. The summed E-state index contributed by atoms with van der Waals surface area (Å²) in [5, 5.41) is 0.735. The highest BCUT2D eigenvalue weighted by atomic mass is 35.7. The standard InChI is InChI=1S/C9H5Cl3O3S/c10-7-1-2-8(11)9-6(7)3-5(4-15-9)16(12,13)14/h1-3H,4H2. The monoisotopic (exact) mass is 298 g/mol. The molecule has 2 rings (SSSR count). The minimum atomic E-state index is -3.79. The second-order valence-corrected chi connectivity index (χ2v) is 6.54. The normalized spacial score (nSPS) is 15.1. The quantitative estimate of drug-likeness (QED) is 0.747. The van der Waals surface area contributed by atoms with E-state index in [1.165, 1.54) is 6.08 Å². The van der Waals surface area contributed by atoms with Crippen molar-refractivity contribution in [1.29, 1.82) is 0 Å². The van der Waals surface area contributed by atoms with Crippen molar-refractivity contribution in [1.82, 2.24) is 0 Å². The molecule has 1 aliphatic rings. The lowest BCUT2D eigenvalue weighted by molar-refractivity contribution is 0.354. The van der Waals surface area contributed by atoms with Crippen LogP contribution in [0.4, 0.5) is 0 Å². The average molecular weight is 300 g/mol. The Hall–Kier alpha value is -0.420. The van der Waals surface area contributed by atoms with E-state index >= 15 is 0 Å². The molecule has 1 aromatic rings. The highest BCUT2D eigenvalue weighted by Crippen LogP contribution is 2.39. The van der Waals surface area contributed by atoms with Gasteiger partial charge in [-0.3, -0.25) is 0 Å². The first-order valence-corrected chi connectivity index (χ1v) is 7.22. The molecule has 0 fully saturated rings. The minimum absolute atomic E-state index is 0.0363. The fraction of sp³-hybridized carbons (Fsp3) is 0.111. The molecule has 16 heavy (non-hydrogen) atoms. The van der Waals surface area contributed by atoms with E-state index in [-0.39, 0.29) is 11.5 Å². The van der Waals surface area contributed by atoms with Crippen molar-refractivity contribution in [2.24, 2.45) is 0 Å². The predicted octanol–water partition coefficient (Wildman–Crippen LogP) is 3.30. The van der Waals surface area contributed by atoms with E-state index in [1.807, 2.05) is 0 Å². The number of ether oxygens (including phenoxy) is 1. The molecule has 0 atom stereocenters. The molecule has 0 bridgehead atoms. The summed E-state index contributed by atoms with van der Waals surface area (Å²) in [5.74, 6) is 0.373. The maximum absolute atomic E-state index is 11.1. The molecular weight excluding hydrogens is 295 g/mol. The average Bonchev–Trinajstić information content (AvgIpc) is 2.22. The summed E-state index contributed by atoms with van der Waals surface area (Å²) in [6.07, 6.45) is 1.37. The summed E-state index contributed by atoms with van der Waals surface area (Å²) in [5.41, 5.74) is 0.430. The number of hydrogen-bond acceptors (Lipinski definition) is 3. The Labute approximate surface area is 107 Å². The number of hydrogen-bond donors (Lipinski definition) is 0. The highest BCUT2D eigenvalue weighted by Gasteiger charge is 2.23. The van der Waals surface area contributed by atoms with Crippen LogP contribution >= 0.6 is 33.9 Å². The molecule has 0 radical (unpaired) electrons. The summed E-state index contributed by atoms with van der Waals surface area (Å²) in [4.78, 5) is -0.0363. The van der Waals surface area contributed by atoms with Crippen LogP contribution in [0.3, 0.4) is 0 Å². The molecule has 0 spiro atoms. The van der Waals surface area contributed by atoms with Gasteiger partial charge in [-0.15, -0.1) is 0 Å². The van der Waals surface area contributed by atoms with Crippen molar-refractivity contribution in [2.45, 2.75) is 0 Å². The number of fused-ring (bicyclic) bond motifs is 1. The Balaban J connectivity index is 2.64. The van der Waals surface area contributed by atoms with E-state index in [1.54, 1.807) is 12.1 Å². The van der Waals surface area contributed by atoms with E-state index in [0.717, 1.165) is 0 Å². The molecule has 3 nitrogen and oxygen atoms in total. The first kappa shape index (κ1) is 12.0. The van der Waals surface area contributed by atoms with Gasteiger partial charge >= 0.3 is 0 Å². The first-order chi connectivity index (χ1) is 7.39. The molecule has 1 aliphatic heterocycles. The number of halogens is 3. The van der Waals surface area contributed by atoms with Crippen LogP contribution in [0.15, 0.2) is 17.0 Å². The van der Waals surface area contributed by atoms with E-state index in [9.17, 15) is 8.42 Å². The van der Waals surface area contributed by atoms with Gasteiger partial charge in [0, 0.05) is 16.2 Å². The minimum Gasteiger partial charge on any atom is -0.486 e. The molecular formula is C9H5Cl3O3S. The lowest BCUT2D eigenvalue weighted by Gasteiger charge is -2.18. The third kappa shape index (κ3) is 2.15. The maximum Gasteiger partial charge on any atom is 0.260 e. The van der Waals surface area contributed by atoms with Gasteiger partial charge in [0.2, 0.25) is 0 Å². The molecule has 0 aliphatic carbocycles. The molecule has 86 valence electrons. The maximum atomic E-state index is 11.1. The van der Waals surface area contributed by atoms with Crippen molar-refractivity contribution >= 4 is 49.0 Å². The molecule has 1 aromatic carbocycles. The van der Waals surface area contributed by atoms with Gasteiger partial charge in [-0.25, -0.2) is 8.42 Å². The predicted molar refractivity (Wildman–Crippen MR) is 64.7 cm³/mol. The Morgan fingerprint density at radius 3 is 2.44 bits per heavy atom. The Morgan fingerprint density at radius 2 is 1.81 bits per heavy atom. The third-order valence-corrected chi connectivity index (χ3v) is 4.16. The van der Waals surface area contributed by atoms with Crippen LogP contribution in [-0.2, 0) is 9.05 Å². The molecule has 0 N–H and O–H groups in total. The van der Waals surface area contributed by atoms with Gasteiger partial charge in [-0.1, -0.05) is 23.2 Å². The van der Waals surface area contributed by atoms with Gasteiger partial charge in [0.1, 0.15) is 12.4 Å². The first-order valence-electron chi connectivity index (χ1n) is 4.15. The van der Waals surface area contributed by atoms with Crippen molar-refractivity contribution < 1.29 is 13.2 Å². The number of rotatable bonds is 1. The van der Waals surface area contributed by atoms with Crippen molar-refractivity contribution in [2.75, 3.05) is 6.61 Å². The van der Waals surface area contributed by atoms with Gasteiger partial charge in [-0.05, 0) is 18.2 Å². The Morgan fingerprint density at radius 1 is 1.19 bits per heavy atom. The van der Waals surface area contributed by atoms with Crippen molar-refractivity contribution in [3.05, 3.63) is 32.6 Å². The summed E-state index contributed by atoms with van der Waals surface area (Å²) >= 11 is 11.8. The summed E-state index contributed by atoms with van der Waals surface area (Å²) < 4.78 is 27.5. The van der Waals surface area contributed by atoms with Crippen LogP contribution in [0, 0.1) is 0 Å². The summed E-state index contributed by atoms with van der Waals surface area (Å²) in [6, 6.07) is 3.14. The molecule has 0 aromatic heterocycles. The zero-order valence-electron chi connectivity index (χ0n) is 7.71. The van der Waals surface area contributed by atoms with E-state index in [2.05, 4.69) is 0 Å². The SMILES string of the molecule is O=S(=O)(Cl)C1=Cc2c(Cl)ccc(Cl)c2OC1. The topological polar surface area (TPSA) is 43.4 Å². The zero-order chi connectivity index (χ0) is 11.9. The summed E-state index contributed by atoms with van der Waals surface area (Å²) in [7, 11) is 1.43. The van der Waals surface area contributed by atoms with Crippen molar-refractivity contribution in [3.63, 3.8) is 0 Å². The molecule has 0 saturated heterocycles. The van der Waals surface area contributed by atoms with Crippen LogP contribution in [0.25, 0.3) is 6.08 Å². The van der Waals surface area contributed by atoms with Gasteiger partial charge in [-0.2, -0.15) is 0 Å². The highest BCUT2D eigenvalue weighted by molar-refractivity contribution is 8.17.